The molecule has 8 N–H and O–H groups in total. The molecule has 0 saturated heterocycles. The molecule has 190 valence electrons. The van der Waals surface area contributed by atoms with E-state index >= 15 is 0 Å². The molecule has 0 aliphatic rings. The fraction of sp³-hybridized carbons (Fsp3) is 0.435. The molecule has 4 unspecified atom stereocenters. The third-order valence-electron chi connectivity index (χ3n) is 5.56. The highest BCUT2D eigenvalue weighted by Gasteiger charge is 2.30. The van der Waals surface area contributed by atoms with Crippen LogP contribution < -0.4 is 21.7 Å². The van der Waals surface area contributed by atoms with E-state index in [-0.39, 0.29) is 24.5 Å². The molecule has 0 saturated carbocycles. The SMILES string of the molecule is CCC(C)C(NC(=O)C(Cc1cnc[nH]1)NC(=O)CNC(=O)C(N)Cc1ccc(O)cc1)C(=O)O. The minimum Gasteiger partial charge on any atom is -0.508 e. The predicted molar refractivity (Wildman–Crippen MR) is 126 cm³/mol. The number of benzene rings is 1. The first-order valence-corrected chi connectivity index (χ1v) is 11.2. The maximum Gasteiger partial charge on any atom is 0.326 e. The lowest BCUT2D eigenvalue weighted by Gasteiger charge is -2.24. The average Bonchev–Trinajstić information content (AvgIpc) is 3.34. The number of carboxylic acids is 1. The highest BCUT2D eigenvalue weighted by atomic mass is 16.4. The van der Waals surface area contributed by atoms with Crippen LogP contribution in [0.5, 0.6) is 5.75 Å². The van der Waals surface area contributed by atoms with Crippen LogP contribution in [0.1, 0.15) is 31.5 Å². The zero-order chi connectivity index (χ0) is 26.0. The van der Waals surface area contributed by atoms with Crippen molar-refractivity contribution in [2.24, 2.45) is 11.7 Å². The van der Waals surface area contributed by atoms with Gasteiger partial charge >= 0.3 is 5.97 Å². The number of nitrogens with one attached hydrogen (secondary N) is 4. The predicted octanol–water partition coefficient (Wildman–Crippen LogP) is -0.556. The first kappa shape index (κ1) is 27.3. The van der Waals surface area contributed by atoms with E-state index in [9.17, 15) is 29.4 Å². The van der Waals surface area contributed by atoms with Gasteiger partial charge in [-0.3, -0.25) is 14.4 Å². The summed E-state index contributed by atoms with van der Waals surface area (Å²) in [6.45, 7) is 3.09. The smallest absolute Gasteiger partial charge is 0.326 e. The van der Waals surface area contributed by atoms with Gasteiger partial charge in [0, 0.05) is 18.3 Å². The summed E-state index contributed by atoms with van der Waals surface area (Å²) in [5, 5.41) is 26.3. The van der Waals surface area contributed by atoms with E-state index in [4.69, 9.17) is 5.73 Å². The molecule has 12 heteroatoms. The van der Waals surface area contributed by atoms with Crippen molar-refractivity contribution in [1.29, 1.82) is 0 Å². The molecule has 0 spiro atoms. The number of aromatic nitrogens is 2. The lowest BCUT2D eigenvalue weighted by molar-refractivity contribution is -0.143. The maximum atomic E-state index is 12.9. The number of H-pyrrole nitrogens is 1. The van der Waals surface area contributed by atoms with Gasteiger partial charge in [0.2, 0.25) is 17.7 Å². The third kappa shape index (κ3) is 8.74. The summed E-state index contributed by atoms with van der Waals surface area (Å²) in [5.74, 6) is -3.29. The number of nitrogens with two attached hydrogens (primary N) is 1. The zero-order valence-corrected chi connectivity index (χ0v) is 19.7. The van der Waals surface area contributed by atoms with Gasteiger partial charge in [0.1, 0.15) is 17.8 Å². The number of carbonyl (C=O) groups excluding carboxylic acids is 3. The molecule has 2 aromatic rings. The fourth-order valence-electron chi connectivity index (χ4n) is 3.28. The summed E-state index contributed by atoms with van der Waals surface area (Å²) in [7, 11) is 0. The number of aliphatic carboxylic acids is 1. The molecule has 0 aliphatic heterocycles. The number of amides is 3. The molecular weight excluding hydrogens is 456 g/mol. The van der Waals surface area contributed by atoms with E-state index in [1.165, 1.54) is 24.7 Å². The molecule has 0 aliphatic carbocycles. The van der Waals surface area contributed by atoms with Crippen molar-refractivity contribution >= 4 is 23.7 Å². The van der Waals surface area contributed by atoms with Crippen molar-refractivity contribution in [3.8, 4) is 5.75 Å². The van der Waals surface area contributed by atoms with E-state index in [2.05, 4.69) is 25.9 Å². The van der Waals surface area contributed by atoms with Crippen molar-refractivity contribution in [1.82, 2.24) is 25.9 Å². The van der Waals surface area contributed by atoms with Crippen LogP contribution in [-0.4, -0.2) is 68.5 Å². The van der Waals surface area contributed by atoms with Crippen LogP contribution in [-0.2, 0) is 32.0 Å². The third-order valence-corrected chi connectivity index (χ3v) is 5.56. The van der Waals surface area contributed by atoms with Crippen molar-refractivity contribution in [2.75, 3.05) is 6.54 Å². The fourth-order valence-corrected chi connectivity index (χ4v) is 3.28. The molecule has 0 bridgehead atoms. The quantitative estimate of drug-likeness (QED) is 0.194. The van der Waals surface area contributed by atoms with Crippen LogP contribution in [0.2, 0.25) is 0 Å². The summed E-state index contributed by atoms with van der Waals surface area (Å²) < 4.78 is 0. The molecule has 1 heterocycles. The summed E-state index contributed by atoms with van der Waals surface area (Å²) >= 11 is 0. The highest BCUT2D eigenvalue weighted by molar-refractivity contribution is 5.92. The number of carbonyl (C=O) groups is 4. The van der Waals surface area contributed by atoms with Gasteiger partial charge in [-0.15, -0.1) is 0 Å². The van der Waals surface area contributed by atoms with Gasteiger partial charge in [-0.05, 0) is 30.0 Å². The lowest BCUT2D eigenvalue weighted by atomic mass is 9.98. The lowest BCUT2D eigenvalue weighted by Crippen LogP contribution is -2.55. The average molecular weight is 489 g/mol. The summed E-state index contributed by atoms with van der Waals surface area (Å²) in [6.07, 6.45) is 3.68. The molecule has 4 atom stereocenters. The second kappa shape index (κ2) is 13.1. The van der Waals surface area contributed by atoms with Gasteiger partial charge in [-0.25, -0.2) is 9.78 Å². The number of nitrogens with zero attached hydrogens (tertiary/aromatic N) is 1. The van der Waals surface area contributed by atoms with Gasteiger partial charge in [0.05, 0.1) is 18.9 Å². The Bertz CT molecular complexity index is 994. The number of hydrogen-bond donors (Lipinski definition) is 7. The Kier molecular flexibility index (Phi) is 10.2. The van der Waals surface area contributed by atoms with Crippen LogP contribution >= 0.6 is 0 Å². The van der Waals surface area contributed by atoms with Crippen LogP contribution in [0.4, 0.5) is 0 Å². The number of carboxylic acid groups (broad SMARTS) is 1. The number of rotatable bonds is 13. The molecule has 1 aromatic carbocycles. The number of aromatic amines is 1. The summed E-state index contributed by atoms with van der Waals surface area (Å²) in [4.78, 5) is 56.0. The van der Waals surface area contributed by atoms with Gasteiger partial charge in [0.25, 0.3) is 0 Å². The first-order valence-electron chi connectivity index (χ1n) is 11.2. The zero-order valence-electron chi connectivity index (χ0n) is 19.7. The standard InChI is InChI=1S/C23H32N6O6/c1-3-13(2)20(23(34)35)29-22(33)18(9-15-10-25-12-27-15)28-19(31)11-26-21(32)17(24)8-14-4-6-16(30)7-5-14/h4-7,10,12-13,17-18,20,30H,3,8-9,11,24H2,1-2H3,(H,25,27)(H,26,32)(H,28,31)(H,29,33)(H,34,35). The molecular formula is C23H32N6O6. The van der Waals surface area contributed by atoms with Gasteiger partial charge in [-0.2, -0.15) is 0 Å². The molecule has 0 radical (unpaired) electrons. The van der Waals surface area contributed by atoms with Crippen LogP contribution in [0.15, 0.2) is 36.8 Å². The van der Waals surface area contributed by atoms with Gasteiger partial charge < -0.3 is 36.9 Å². The molecule has 12 nitrogen and oxygen atoms in total. The van der Waals surface area contributed by atoms with E-state index < -0.39 is 48.4 Å². The normalized spacial score (nSPS) is 14.3. The van der Waals surface area contributed by atoms with Crippen LogP contribution in [0.25, 0.3) is 0 Å². The monoisotopic (exact) mass is 488 g/mol. The van der Waals surface area contributed by atoms with Crippen molar-refractivity contribution in [3.63, 3.8) is 0 Å². The molecule has 35 heavy (non-hydrogen) atoms. The Morgan fingerprint density at radius 2 is 1.77 bits per heavy atom. The number of hydrogen-bond acceptors (Lipinski definition) is 7. The number of imidazole rings is 1. The maximum absolute atomic E-state index is 12.9. The first-order chi connectivity index (χ1) is 16.6. The van der Waals surface area contributed by atoms with E-state index in [1.807, 2.05) is 6.92 Å². The molecule has 0 fully saturated rings. The Morgan fingerprint density at radius 3 is 2.34 bits per heavy atom. The van der Waals surface area contributed by atoms with Crippen molar-refractivity contribution in [3.05, 3.63) is 48.0 Å². The van der Waals surface area contributed by atoms with Crippen molar-refractivity contribution in [2.45, 2.75) is 51.2 Å². The largest absolute Gasteiger partial charge is 0.508 e. The topological polar surface area (TPSA) is 200 Å². The van der Waals surface area contributed by atoms with Gasteiger partial charge in [0.15, 0.2) is 0 Å². The molecule has 3 amide bonds. The van der Waals surface area contributed by atoms with E-state index in [0.717, 1.165) is 5.56 Å². The summed E-state index contributed by atoms with van der Waals surface area (Å²) in [5.41, 5.74) is 7.19. The number of phenolic OH excluding ortho intramolecular Hbond substituents is 1. The number of aromatic hydroxyl groups is 1. The Hall–Kier alpha value is -3.93. The van der Waals surface area contributed by atoms with Crippen LogP contribution in [0.3, 0.4) is 0 Å². The number of phenols is 1. The minimum absolute atomic E-state index is 0.0404. The highest BCUT2D eigenvalue weighted by Crippen LogP contribution is 2.11. The van der Waals surface area contributed by atoms with Gasteiger partial charge in [-0.1, -0.05) is 32.4 Å². The van der Waals surface area contributed by atoms with Crippen LogP contribution in [0, 0.1) is 5.92 Å². The Morgan fingerprint density at radius 1 is 1.09 bits per heavy atom. The Labute approximate surface area is 202 Å². The minimum atomic E-state index is -1.17. The molecule has 2 rings (SSSR count). The second-order valence-electron chi connectivity index (χ2n) is 8.31. The van der Waals surface area contributed by atoms with E-state index in [0.29, 0.717) is 12.1 Å². The second-order valence-corrected chi connectivity index (χ2v) is 8.31. The Balaban J connectivity index is 1.97. The van der Waals surface area contributed by atoms with E-state index in [1.54, 1.807) is 19.1 Å². The summed E-state index contributed by atoms with van der Waals surface area (Å²) in [6, 6.07) is 3.09. The molecule has 1 aromatic heterocycles. The van der Waals surface area contributed by atoms with Crippen molar-refractivity contribution < 1.29 is 29.4 Å².